The van der Waals surface area contributed by atoms with Crippen molar-refractivity contribution in [3.63, 3.8) is 0 Å². The SMILES string of the molecule is CC(C)OC(=O)C(C)NP(=O)(OCC1OC(n2ccc(=O)[nH]c2=O)C(C)(F)C1O)Oc1ccc(-c2ccc(Cl)cc2)cc1. The van der Waals surface area contributed by atoms with Gasteiger partial charge in [-0.1, -0.05) is 35.9 Å². The number of aliphatic hydroxyl groups excluding tert-OH is 1. The zero-order valence-corrected chi connectivity index (χ0v) is 25.4. The van der Waals surface area contributed by atoms with Gasteiger partial charge in [0.1, 0.15) is 24.0 Å². The third-order valence-electron chi connectivity index (χ3n) is 6.54. The molecule has 1 aliphatic heterocycles. The topological polar surface area (TPSA) is 158 Å². The van der Waals surface area contributed by atoms with E-state index >= 15 is 4.39 Å². The molecule has 43 heavy (non-hydrogen) atoms. The van der Waals surface area contributed by atoms with Crippen molar-refractivity contribution in [2.24, 2.45) is 0 Å². The molecular weight excluding hydrogens is 608 g/mol. The number of aromatic amines is 1. The molecule has 15 heteroatoms. The average molecular weight is 640 g/mol. The van der Waals surface area contributed by atoms with E-state index in [4.69, 9.17) is 30.1 Å². The Balaban J connectivity index is 1.55. The summed E-state index contributed by atoms with van der Waals surface area (Å²) in [5.41, 5.74) is -2.48. The van der Waals surface area contributed by atoms with Gasteiger partial charge in [0.15, 0.2) is 11.9 Å². The smallest absolute Gasteiger partial charge is 0.459 e. The minimum Gasteiger partial charge on any atom is -0.462 e. The highest BCUT2D eigenvalue weighted by Crippen LogP contribution is 2.47. The van der Waals surface area contributed by atoms with E-state index in [1.54, 1.807) is 38.1 Å². The number of carbonyl (C=O) groups excluding carboxylic acids is 1. The van der Waals surface area contributed by atoms with Crippen LogP contribution in [-0.2, 0) is 23.4 Å². The van der Waals surface area contributed by atoms with Crippen molar-refractivity contribution >= 4 is 25.3 Å². The number of aliphatic hydroxyl groups is 1. The lowest BCUT2D eigenvalue weighted by Gasteiger charge is -2.25. The number of aromatic nitrogens is 2. The fourth-order valence-corrected chi connectivity index (χ4v) is 5.97. The summed E-state index contributed by atoms with van der Waals surface area (Å²) in [6, 6.07) is 13.5. The highest BCUT2D eigenvalue weighted by atomic mass is 35.5. The lowest BCUT2D eigenvalue weighted by atomic mass is 9.98. The second kappa shape index (κ2) is 13.1. The van der Waals surface area contributed by atoms with Gasteiger partial charge in [0, 0.05) is 17.3 Å². The van der Waals surface area contributed by atoms with E-state index in [9.17, 15) is 24.1 Å². The summed E-state index contributed by atoms with van der Waals surface area (Å²) in [7, 11) is -4.41. The van der Waals surface area contributed by atoms with Crippen LogP contribution in [0, 0.1) is 0 Å². The molecule has 232 valence electrons. The molecule has 3 aromatic rings. The number of hydrogen-bond acceptors (Lipinski definition) is 9. The van der Waals surface area contributed by atoms with Crippen LogP contribution in [0.4, 0.5) is 4.39 Å². The summed E-state index contributed by atoms with van der Waals surface area (Å²) in [6.45, 7) is 5.04. The van der Waals surface area contributed by atoms with Crippen molar-refractivity contribution in [2.75, 3.05) is 6.61 Å². The predicted molar refractivity (Wildman–Crippen MR) is 156 cm³/mol. The standard InChI is InChI=1S/C28H32ClFN3O9P/c1-16(2)40-25(36)17(3)32-43(38,42-21-11-7-19(8-12-21)18-5-9-20(29)10-6-18)39-15-22-24(35)28(4,30)26(41-22)33-14-13-23(34)31-27(33)37/h5-14,16-17,22,24,26,35H,15H2,1-4H3,(H,32,38)(H,31,34,37). The average Bonchev–Trinajstić information content (AvgIpc) is 3.16. The van der Waals surface area contributed by atoms with Crippen molar-refractivity contribution < 1.29 is 37.4 Å². The van der Waals surface area contributed by atoms with Gasteiger partial charge >= 0.3 is 19.4 Å². The number of nitrogens with one attached hydrogen (secondary N) is 2. The van der Waals surface area contributed by atoms with Crippen LogP contribution in [0.15, 0.2) is 70.4 Å². The molecule has 2 heterocycles. The molecule has 0 spiro atoms. The van der Waals surface area contributed by atoms with Gasteiger partial charge in [-0.15, -0.1) is 0 Å². The monoisotopic (exact) mass is 639 g/mol. The van der Waals surface area contributed by atoms with Crippen LogP contribution in [-0.4, -0.2) is 57.3 Å². The molecule has 4 rings (SSSR count). The third-order valence-corrected chi connectivity index (χ3v) is 8.44. The summed E-state index contributed by atoms with van der Waals surface area (Å²) >= 11 is 5.96. The van der Waals surface area contributed by atoms with Crippen LogP contribution in [0.1, 0.15) is 33.9 Å². The van der Waals surface area contributed by atoms with Crippen LogP contribution < -0.4 is 20.9 Å². The van der Waals surface area contributed by atoms with Gasteiger partial charge in [-0.2, -0.15) is 5.09 Å². The molecule has 1 aromatic heterocycles. The second-order valence-electron chi connectivity index (χ2n) is 10.4. The summed E-state index contributed by atoms with van der Waals surface area (Å²) in [5, 5.41) is 13.8. The van der Waals surface area contributed by atoms with Crippen LogP contribution >= 0.6 is 19.3 Å². The number of esters is 1. The Bertz CT molecular complexity index is 1590. The Hall–Kier alpha value is -3.32. The van der Waals surface area contributed by atoms with Crippen molar-refractivity contribution in [1.82, 2.24) is 14.6 Å². The van der Waals surface area contributed by atoms with E-state index in [0.717, 1.165) is 34.9 Å². The minimum atomic E-state index is -4.41. The Kier molecular flexibility index (Phi) is 9.95. The summed E-state index contributed by atoms with van der Waals surface area (Å²) < 4.78 is 52.4. The highest BCUT2D eigenvalue weighted by Gasteiger charge is 2.56. The van der Waals surface area contributed by atoms with Crippen molar-refractivity contribution in [1.29, 1.82) is 0 Å². The number of rotatable bonds is 11. The van der Waals surface area contributed by atoms with E-state index in [0.29, 0.717) is 5.02 Å². The van der Waals surface area contributed by atoms with E-state index in [-0.39, 0.29) is 5.75 Å². The number of H-pyrrole nitrogens is 1. The Labute approximate surface area is 251 Å². The number of nitrogens with zero attached hydrogens (tertiary/aromatic N) is 1. The Morgan fingerprint density at radius 3 is 2.33 bits per heavy atom. The lowest BCUT2D eigenvalue weighted by molar-refractivity contribution is -0.149. The first-order chi connectivity index (χ1) is 20.2. The van der Waals surface area contributed by atoms with E-state index < -0.39 is 67.8 Å². The molecule has 3 N–H and O–H groups in total. The van der Waals surface area contributed by atoms with Gasteiger partial charge in [0.05, 0.1) is 12.7 Å². The number of hydrogen-bond donors (Lipinski definition) is 3. The maximum Gasteiger partial charge on any atom is 0.459 e. The number of alkyl halides is 1. The first kappa shape index (κ1) is 32.6. The molecule has 6 unspecified atom stereocenters. The van der Waals surface area contributed by atoms with Gasteiger partial charge in [-0.25, -0.2) is 13.8 Å². The molecule has 0 radical (unpaired) electrons. The Morgan fingerprint density at radius 1 is 1.14 bits per heavy atom. The van der Waals surface area contributed by atoms with Crippen molar-refractivity contribution in [2.45, 2.75) is 63.9 Å². The zero-order chi connectivity index (χ0) is 31.5. The minimum absolute atomic E-state index is 0.110. The van der Waals surface area contributed by atoms with E-state index in [1.165, 1.54) is 19.1 Å². The first-order valence-corrected chi connectivity index (χ1v) is 15.2. The van der Waals surface area contributed by atoms with Crippen LogP contribution in [0.2, 0.25) is 5.02 Å². The zero-order valence-electron chi connectivity index (χ0n) is 23.7. The van der Waals surface area contributed by atoms with Crippen LogP contribution in [0.5, 0.6) is 5.75 Å². The summed E-state index contributed by atoms with van der Waals surface area (Å²) in [6.07, 6.45) is -4.33. The van der Waals surface area contributed by atoms with E-state index in [1.807, 2.05) is 17.1 Å². The van der Waals surface area contributed by atoms with Crippen LogP contribution in [0.25, 0.3) is 11.1 Å². The van der Waals surface area contributed by atoms with Gasteiger partial charge in [0.25, 0.3) is 5.56 Å². The van der Waals surface area contributed by atoms with Gasteiger partial charge < -0.3 is 19.1 Å². The normalized spacial score (nSPS) is 24.0. The van der Waals surface area contributed by atoms with Crippen molar-refractivity contribution in [3.8, 4) is 16.9 Å². The second-order valence-corrected chi connectivity index (χ2v) is 12.5. The largest absolute Gasteiger partial charge is 0.462 e. The molecule has 1 saturated heterocycles. The first-order valence-electron chi connectivity index (χ1n) is 13.3. The molecule has 0 amide bonds. The molecule has 1 fully saturated rings. The highest BCUT2D eigenvalue weighted by molar-refractivity contribution is 7.52. The number of carbonyl (C=O) groups is 1. The van der Waals surface area contributed by atoms with Gasteiger partial charge in [-0.3, -0.25) is 23.7 Å². The lowest BCUT2D eigenvalue weighted by Crippen LogP contribution is -2.43. The van der Waals surface area contributed by atoms with E-state index in [2.05, 4.69) is 5.09 Å². The van der Waals surface area contributed by atoms with Gasteiger partial charge in [-0.05, 0) is 63.1 Å². The maximum absolute atomic E-state index is 15.6. The number of halogens is 2. The molecule has 0 bridgehead atoms. The fraction of sp³-hybridized carbons (Fsp3) is 0.393. The number of benzene rings is 2. The van der Waals surface area contributed by atoms with Gasteiger partial charge in [0.2, 0.25) is 0 Å². The molecule has 0 aliphatic carbocycles. The van der Waals surface area contributed by atoms with Crippen LogP contribution in [0.3, 0.4) is 0 Å². The molecular formula is C28H32ClFN3O9P. The molecule has 0 saturated carbocycles. The molecule has 12 nitrogen and oxygen atoms in total. The fourth-order valence-electron chi connectivity index (χ4n) is 4.34. The molecule has 2 aromatic carbocycles. The quantitative estimate of drug-likeness (QED) is 0.207. The predicted octanol–water partition coefficient (Wildman–Crippen LogP) is 3.98. The third kappa shape index (κ3) is 7.80. The molecule has 6 atom stereocenters. The Morgan fingerprint density at radius 2 is 1.74 bits per heavy atom. The molecule has 1 aliphatic rings. The van der Waals surface area contributed by atoms with Crippen molar-refractivity contribution in [3.05, 3.63) is 86.7 Å². The summed E-state index contributed by atoms with van der Waals surface area (Å²) in [4.78, 5) is 38.2. The number of ether oxygens (including phenoxy) is 2. The summed E-state index contributed by atoms with van der Waals surface area (Å²) in [5.74, 6) is -0.620. The maximum atomic E-state index is 15.6.